The molecular weight excluding hydrogens is 376 g/mol. The molecule has 1 aromatic heterocycles. The summed E-state index contributed by atoms with van der Waals surface area (Å²) in [5.41, 5.74) is 2.84. The molecule has 0 unspecified atom stereocenters. The molecule has 0 aliphatic carbocycles. The summed E-state index contributed by atoms with van der Waals surface area (Å²) in [5.74, 6) is 1.40. The summed E-state index contributed by atoms with van der Waals surface area (Å²) < 4.78 is 29.3. The van der Waals surface area contributed by atoms with E-state index in [0.29, 0.717) is 38.0 Å². The number of hydrogen-bond acceptors (Lipinski definition) is 5. The largest absolute Gasteiger partial charge is 0.444 e. The molecule has 0 amide bonds. The highest BCUT2D eigenvalue weighted by atomic mass is 32.2. The molecule has 1 saturated heterocycles. The molecule has 0 atom stereocenters. The number of hydrogen-bond donors (Lipinski definition) is 1. The van der Waals surface area contributed by atoms with Crippen molar-refractivity contribution in [1.82, 2.24) is 15.2 Å². The van der Waals surface area contributed by atoms with Gasteiger partial charge in [0.1, 0.15) is 12.0 Å². The zero-order valence-electron chi connectivity index (χ0n) is 16.9. The predicted molar refractivity (Wildman–Crippen MR) is 111 cm³/mol. The lowest BCUT2D eigenvalue weighted by Crippen LogP contribution is -2.57. The molecule has 1 fully saturated rings. The number of benzene rings is 1. The van der Waals surface area contributed by atoms with Crippen LogP contribution in [0.1, 0.15) is 32.0 Å². The van der Waals surface area contributed by atoms with Crippen molar-refractivity contribution >= 4 is 15.8 Å². The van der Waals surface area contributed by atoms with Gasteiger partial charge in [0, 0.05) is 25.2 Å². The monoisotopic (exact) mass is 404 g/mol. The third-order valence-corrected chi connectivity index (χ3v) is 7.45. The van der Waals surface area contributed by atoms with Gasteiger partial charge in [0.2, 0.25) is 5.89 Å². The number of nitrogens with zero attached hydrogens (tertiary/aromatic N) is 3. The van der Waals surface area contributed by atoms with E-state index < -0.39 is 14.6 Å². The van der Waals surface area contributed by atoms with Gasteiger partial charge in [-0.2, -0.15) is 0 Å². The molecule has 2 heterocycles. The molecule has 152 valence electrons. The first-order valence-corrected chi connectivity index (χ1v) is 11.1. The lowest BCUT2D eigenvalue weighted by Gasteiger charge is -2.39. The summed E-state index contributed by atoms with van der Waals surface area (Å²) in [6.07, 6.45) is 1.62. The number of guanidine groups is 1. The molecule has 7 nitrogen and oxygen atoms in total. The maximum Gasteiger partial charge on any atom is 0.226 e. The predicted octanol–water partition coefficient (Wildman–Crippen LogP) is 2.62. The van der Waals surface area contributed by atoms with Crippen molar-refractivity contribution in [2.24, 2.45) is 4.99 Å². The summed E-state index contributed by atoms with van der Waals surface area (Å²) in [7, 11) is -3.09. The SMILES string of the molecule is CCNC(=NCc1coc(-c2ccc(C)cc2)n1)N1CCS(=O)(=O)C(C)(C)C1. The van der Waals surface area contributed by atoms with Crippen molar-refractivity contribution in [3.63, 3.8) is 0 Å². The molecule has 0 saturated carbocycles. The average Bonchev–Trinajstić information content (AvgIpc) is 3.11. The normalized spacial score (nSPS) is 18.9. The van der Waals surface area contributed by atoms with Crippen LogP contribution in [0.4, 0.5) is 0 Å². The first-order valence-electron chi connectivity index (χ1n) is 9.49. The molecule has 0 bridgehead atoms. The van der Waals surface area contributed by atoms with Gasteiger partial charge in [-0.15, -0.1) is 0 Å². The second kappa shape index (κ2) is 7.95. The number of rotatable bonds is 4. The van der Waals surface area contributed by atoms with Crippen molar-refractivity contribution in [2.75, 3.05) is 25.4 Å². The number of aliphatic imine (C=N–C) groups is 1. The van der Waals surface area contributed by atoms with Crippen molar-refractivity contribution in [3.05, 3.63) is 41.8 Å². The van der Waals surface area contributed by atoms with Crippen LogP contribution in [-0.4, -0.2) is 54.4 Å². The zero-order valence-corrected chi connectivity index (χ0v) is 17.7. The summed E-state index contributed by atoms with van der Waals surface area (Å²) >= 11 is 0. The summed E-state index contributed by atoms with van der Waals surface area (Å²) in [4.78, 5) is 11.2. The highest BCUT2D eigenvalue weighted by molar-refractivity contribution is 7.92. The van der Waals surface area contributed by atoms with Crippen molar-refractivity contribution in [3.8, 4) is 11.5 Å². The Morgan fingerprint density at radius 3 is 2.68 bits per heavy atom. The summed E-state index contributed by atoms with van der Waals surface area (Å²) in [6, 6.07) is 8.00. The third kappa shape index (κ3) is 4.38. The Kier molecular flexibility index (Phi) is 5.79. The van der Waals surface area contributed by atoms with Crippen LogP contribution in [0.25, 0.3) is 11.5 Å². The van der Waals surface area contributed by atoms with E-state index in [1.807, 2.05) is 43.0 Å². The molecule has 1 aliphatic heterocycles. The second-order valence-corrected chi connectivity index (χ2v) is 10.4. The van der Waals surface area contributed by atoms with Crippen LogP contribution in [0, 0.1) is 6.92 Å². The minimum atomic E-state index is -3.09. The van der Waals surface area contributed by atoms with Crippen LogP contribution < -0.4 is 5.32 Å². The Balaban J connectivity index is 1.74. The maximum absolute atomic E-state index is 12.3. The number of nitrogens with one attached hydrogen (secondary N) is 1. The number of aryl methyl sites for hydroxylation is 1. The fourth-order valence-electron chi connectivity index (χ4n) is 3.11. The summed E-state index contributed by atoms with van der Waals surface area (Å²) in [6.45, 7) is 9.48. The van der Waals surface area contributed by atoms with Gasteiger partial charge in [0.15, 0.2) is 15.8 Å². The molecule has 0 radical (unpaired) electrons. The molecular formula is C20H28N4O3S. The van der Waals surface area contributed by atoms with Gasteiger partial charge in [0.05, 0.1) is 17.0 Å². The molecule has 3 rings (SSSR count). The van der Waals surface area contributed by atoms with Crippen LogP contribution >= 0.6 is 0 Å². The Bertz CT molecular complexity index is 946. The van der Waals surface area contributed by atoms with Gasteiger partial charge in [0.25, 0.3) is 0 Å². The molecule has 0 spiro atoms. The van der Waals surface area contributed by atoms with Crippen LogP contribution in [0.5, 0.6) is 0 Å². The van der Waals surface area contributed by atoms with Gasteiger partial charge < -0.3 is 14.6 Å². The lowest BCUT2D eigenvalue weighted by molar-refractivity contribution is 0.353. The average molecular weight is 405 g/mol. The molecule has 28 heavy (non-hydrogen) atoms. The Hall–Kier alpha value is -2.35. The standard InChI is InChI=1S/C20H28N4O3S/c1-5-21-19(24-10-11-28(25,26)20(3,4)14-24)22-12-17-13-27-18(23-17)16-8-6-15(2)7-9-16/h6-9,13H,5,10-12,14H2,1-4H3,(H,21,22). The first-order chi connectivity index (χ1) is 13.2. The molecule has 1 aromatic carbocycles. The number of sulfone groups is 1. The van der Waals surface area contributed by atoms with Gasteiger partial charge in [-0.25, -0.2) is 18.4 Å². The zero-order chi connectivity index (χ0) is 20.4. The Labute approximate surface area is 166 Å². The lowest BCUT2D eigenvalue weighted by atomic mass is 10.1. The Morgan fingerprint density at radius 1 is 1.32 bits per heavy atom. The van der Waals surface area contributed by atoms with Crippen LogP contribution in [0.2, 0.25) is 0 Å². The molecule has 1 aliphatic rings. The minimum absolute atomic E-state index is 0.131. The molecule has 1 N–H and O–H groups in total. The highest BCUT2D eigenvalue weighted by Crippen LogP contribution is 2.24. The topological polar surface area (TPSA) is 87.8 Å². The Morgan fingerprint density at radius 2 is 2.04 bits per heavy atom. The van der Waals surface area contributed by atoms with E-state index in [9.17, 15) is 8.42 Å². The van der Waals surface area contributed by atoms with Crippen LogP contribution in [-0.2, 0) is 16.4 Å². The fraction of sp³-hybridized carbons (Fsp3) is 0.500. The van der Waals surface area contributed by atoms with Crippen molar-refractivity contribution in [2.45, 2.75) is 39.0 Å². The van der Waals surface area contributed by atoms with Gasteiger partial charge in [-0.3, -0.25) is 0 Å². The highest BCUT2D eigenvalue weighted by Gasteiger charge is 2.40. The fourth-order valence-corrected chi connectivity index (χ4v) is 4.48. The van der Waals surface area contributed by atoms with E-state index >= 15 is 0 Å². The van der Waals surface area contributed by atoms with E-state index in [1.165, 1.54) is 5.56 Å². The number of aromatic nitrogens is 1. The third-order valence-electron chi connectivity index (χ3n) is 4.92. The van der Waals surface area contributed by atoms with Crippen LogP contribution in [0.3, 0.4) is 0 Å². The van der Waals surface area contributed by atoms with E-state index in [4.69, 9.17) is 4.42 Å². The second-order valence-electron chi connectivity index (χ2n) is 7.68. The maximum atomic E-state index is 12.3. The smallest absolute Gasteiger partial charge is 0.226 e. The summed E-state index contributed by atoms with van der Waals surface area (Å²) in [5, 5.41) is 3.26. The van der Waals surface area contributed by atoms with Gasteiger partial charge >= 0.3 is 0 Å². The number of oxazole rings is 1. The molecule has 8 heteroatoms. The minimum Gasteiger partial charge on any atom is -0.444 e. The van der Waals surface area contributed by atoms with Crippen LogP contribution in [0.15, 0.2) is 39.9 Å². The van der Waals surface area contributed by atoms with Crippen molar-refractivity contribution in [1.29, 1.82) is 0 Å². The first kappa shape index (κ1) is 20.4. The van der Waals surface area contributed by atoms with E-state index in [-0.39, 0.29) is 5.75 Å². The van der Waals surface area contributed by atoms with Crippen molar-refractivity contribution < 1.29 is 12.8 Å². The van der Waals surface area contributed by atoms with Gasteiger partial charge in [-0.1, -0.05) is 17.7 Å². The van der Waals surface area contributed by atoms with E-state index in [0.717, 1.165) is 11.3 Å². The van der Waals surface area contributed by atoms with E-state index in [2.05, 4.69) is 15.3 Å². The van der Waals surface area contributed by atoms with E-state index in [1.54, 1.807) is 20.1 Å². The quantitative estimate of drug-likeness (QED) is 0.623. The van der Waals surface area contributed by atoms with Gasteiger partial charge in [-0.05, 0) is 39.8 Å². The molecule has 2 aromatic rings.